The van der Waals surface area contributed by atoms with Crippen LogP contribution in [0.15, 0.2) is 42.0 Å². The molecule has 134 valence electrons. The number of carbonyl (C=O) groups excluding carboxylic acids is 1. The lowest BCUT2D eigenvalue weighted by Crippen LogP contribution is -2.41. The monoisotopic (exact) mass is 348 g/mol. The molecule has 2 aromatic carbocycles. The number of rotatable bonds is 4. The van der Waals surface area contributed by atoms with E-state index < -0.39 is 0 Å². The number of nitriles is 1. The average Bonchev–Trinajstić information content (AvgIpc) is 2.67. The molecule has 1 aliphatic carbocycles. The maximum atomic E-state index is 12.6. The van der Waals surface area contributed by atoms with Gasteiger partial charge in [-0.05, 0) is 41.9 Å². The van der Waals surface area contributed by atoms with Crippen molar-refractivity contribution in [3.8, 4) is 11.8 Å². The van der Waals surface area contributed by atoms with E-state index in [1.54, 1.807) is 13.2 Å². The second-order valence-corrected chi connectivity index (χ2v) is 6.91. The molecule has 2 aromatic rings. The van der Waals surface area contributed by atoms with Crippen molar-refractivity contribution in [1.82, 2.24) is 5.32 Å². The Labute approximate surface area is 154 Å². The van der Waals surface area contributed by atoms with Crippen molar-refractivity contribution in [1.29, 1.82) is 5.26 Å². The highest BCUT2D eigenvalue weighted by Gasteiger charge is 2.24. The average molecular weight is 348 g/mol. The second kappa shape index (κ2) is 8.05. The normalized spacial score (nSPS) is 20.4. The Morgan fingerprint density at radius 2 is 1.92 bits per heavy atom. The number of hydrogen-bond donors (Lipinski definition) is 1. The molecule has 1 amide bonds. The van der Waals surface area contributed by atoms with Gasteiger partial charge in [-0.25, -0.2) is 0 Å². The molecule has 4 heteroatoms. The van der Waals surface area contributed by atoms with Crippen molar-refractivity contribution in [2.75, 3.05) is 7.11 Å². The third kappa shape index (κ3) is 3.72. The number of nitrogens with one attached hydrogen (secondary N) is 1. The van der Waals surface area contributed by atoms with Crippen LogP contribution in [0, 0.1) is 17.2 Å². The number of methoxy groups -OCH3 is 1. The first-order valence-corrected chi connectivity index (χ1v) is 9.12. The van der Waals surface area contributed by atoms with Crippen molar-refractivity contribution in [2.24, 2.45) is 5.92 Å². The molecule has 0 radical (unpaired) electrons. The summed E-state index contributed by atoms with van der Waals surface area (Å²) in [5.74, 6) is 0.942. The van der Waals surface area contributed by atoms with Gasteiger partial charge >= 0.3 is 0 Å². The topological polar surface area (TPSA) is 62.1 Å². The van der Waals surface area contributed by atoms with E-state index in [0.29, 0.717) is 5.92 Å². The molecule has 1 aliphatic rings. The summed E-state index contributed by atoms with van der Waals surface area (Å²) < 4.78 is 5.41. The Bertz CT molecular complexity index is 879. The van der Waals surface area contributed by atoms with Gasteiger partial charge in [-0.15, -0.1) is 0 Å². The zero-order chi connectivity index (χ0) is 18.5. The van der Waals surface area contributed by atoms with Crippen molar-refractivity contribution >= 4 is 22.8 Å². The Morgan fingerprint density at radius 1 is 1.19 bits per heavy atom. The van der Waals surface area contributed by atoms with Gasteiger partial charge in [0.25, 0.3) is 5.91 Å². The summed E-state index contributed by atoms with van der Waals surface area (Å²) in [6.07, 6.45) is 6.12. The smallest absolute Gasteiger partial charge is 0.262 e. The molecule has 2 atom stereocenters. The molecule has 0 aliphatic heterocycles. The summed E-state index contributed by atoms with van der Waals surface area (Å²) in [5, 5.41) is 14.5. The number of ether oxygens (including phenoxy) is 1. The predicted molar refractivity (Wildman–Crippen MR) is 104 cm³/mol. The van der Waals surface area contributed by atoms with Gasteiger partial charge < -0.3 is 10.1 Å². The first kappa shape index (κ1) is 18.0. The quantitative estimate of drug-likeness (QED) is 0.656. The van der Waals surface area contributed by atoms with Crippen LogP contribution in [0.4, 0.5) is 0 Å². The van der Waals surface area contributed by atoms with Gasteiger partial charge in [-0.1, -0.05) is 50.1 Å². The van der Waals surface area contributed by atoms with Gasteiger partial charge in [0, 0.05) is 11.4 Å². The van der Waals surface area contributed by atoms with E-state index in [0.717, 1.165) is 41.3 Å². The van der Waals surface area contributed by atoms with E-state index in [1.165, 1.54) is 6.42 Å². The van der Waals surface area contributed by atoms with Gasteiger partial charge in [0.15, 0.2) is 0 Å². The Hall–Kier alpha value is -2.80. The third-order valence-electron chi connectivity index (χ3n) is 5.23. The van der Waals surface area contributed by atoms with E-state index in [9.17, 15) is 10.1 Å². The largest absolute Gasteiger partial charge is 0.496 e. The fourth-order valence-corrected chi connectivity index (χ4v) is 3.68. The highest BCUT2D eigenvalue weighted by Crippen LogP contribution is 2.30. The SMILES string of the molecule is COc1ccc(/C=C(\C#N)C(=O)N[C@H]2CCCC[C@H]2C)c2ccccc12. The van der Waals surface area contributed by atoms with Gasteiger partial charge in [0.2, 0.25) is 0 Å². The lowest BCUT2D eigenvalue weighted by Gasteiger charge is -2.29. The molecule has 3 rings (SSSR count). The van der Waals surface area contributed by atoms with Crippen LogP contribution in [0.25, 0.3) is 16.8 Å². The van der Waals surface area contributed by atoms with Crippen molar-refractivity contribution in [3.05, 3.63) is 47.5 Å². The summed E-state index contributed by atoms with van der Waals surface area (Å²) in [7, 11) is 1.64. The van der Waals surface area contributed by atoms with E-state index in [1.807, 2.05) is 36.4 Å². The molecule has 26 heavy (non-hydrogen) atoms. The predicted octanol–water partition coefficient (Wildman–Crippen LogP) is 4.45. The first-order valence-electron chi connectivity index (χ1n) is 9.12. The van der Waals surface area contributed by atoms with E-state index in [-0.39, 0.29) is 17.5 Å². The third-order valence-corrected chi connectivity index (χ3v) is 5.23. The van der Waals surface area contributed by atoms with Gasteiger partial charge in [-0.2, -0.15) is 5.26 Å². The summed E-state index contributed by atoms with van der Waals surface area (Å²) in [4.78, 5) is 12.6. The molecule has 0 unspecified atom stereocenters. The number of fused-ring (bicyclic) bond motifs is 1. The van der Waals surface area contributed by atoms with E-state index in [4.69, 9.17) is 4.74 Å². The number of amides is 1. The van der Waals surface area contributed by atoms with Gasteiger partial charge in [0.05, 0.1) is 7.11 Å². The highest BCUT2D eigenvalue weighted by molar-refractivity contribution is 6.04. The summed E-state index contributed by atoms with van der Waals surface area (Å²) in [6.45, 7) is 2.16. The molecule has 1 fully saturated rings. The van der Waals surface area contributed by atoms with Crippen LogP contribution in [0.1, 0.15) is 38.2 Å². The van der Waals surface area contributed by atoms with Crippen molar-refractivity contribution in [2.45, 2.75) is 38.6 Å². The van der Waals surface area contributed by atoms with Crippen molar-refractivity contribution in [3.63, 3.8) is 0 Å². The Kier molecular flexibility index (Phi) is 5.58. The van der Waals surface area contributed by atoms with Crippen LogP contribution >= 0.6 is 0 Å². The minimum absolute atomic E-state index is 0.137. The minimum atomic E-state index is -0.286. The maximum Gasteiger partial charge on any atom is 0.262 e. The van der Waals surface area contributed by atoms with Crippen LogP contribution < -0.4 is 10.1 Å². The van der Waals surface area contributed by atoms with Gasteiger partial charge in [-0.3, -0.25) is 4.79 Å². The summed E-state index contributed by atoms with van der Waals surface area (Å²) in [5.41, 5.74) is 0.975. The zero-order valence-corrected chi connectivity index (χ0v) is 15.3. The van der Waals surface area contributed by atoms with Crippen LogP contribution in [0.5, 0.6) is 5.75 Å². The minimum Gasteiger partial charge on any atom is -0.496 e. The van der Waals surface area contributed by atoms with Crippen molar-refractivity contribution < 1.29 is 9.53 Å². The number of benzene rings is 2. The molecule has 1 saturated carbocycles. The fraction of sp³-hybridized carbons (Fsp3) is 0.364. The van der Waals surface area contributed by atoms with Crippen LogP contribution in [-0.4, -0.2) is 19.1 Å². The number of carbonyl (C=O) groups is 1. The standard InChI is InChI=1S/C22H24N2O2/c1-15-7-3-6-10-20(15)24-22(25)17(14-23)13-16-11-12-21(26-2)19-9-5-4-8-18(16)19/h4-5,8-9,11-13,15,20H,3,6-7,10H2,1-2H3,(H,24,25)/b17-13+/t15-,20+/m1/s1. The second-order valence-electron chi connectivity index (χ2n) is 6.91. The molecule has 1 N–H and O–H groups in total. The highest BCUT2D eigenvalue weighted by atomic mass is 16.5. The first-order chi connectivity index (χ1) is 12.6. The summed E-state index contributed by atoms with van der Waals surface area (Å²) in [6, 6.07) is 13.8. The maximum absolute atomic E-state index is 12.6. The molecule has 0 heterocycles. The summed E-state index contributed by atoms with van der Waals surface area (Å²) >= 11 is 0. The zero-order valence-electron chi connectivity index (χ0n) is 15.3. The molecular weight excluding hydrogens is 324 g/mol. The molecule has 0 aromatic heterocycles. The molecular formula is C22H24N2O2. The van der Waals surface area contributed by atoms with Crippen LogP contribution in [0.3, 0.4) is 0 Å². The Morgan fingerprint density at radius 3 is 2.62 bits per heavy atom. The van der Waals surface area contributed by atoms with Crippen LogP contribution in [0.2, 0.25) is 0 Å². The van der Waals surface area contributed by atoms with E-state index in [2.05, 4.69) is 18.3 Å². The number of nitrogens with zero attached hydrogens (tertiary/aromatic N) is 1. The van der Waals surface area contributed by atoms with Gasteiger partial charge in [0.1, 0.15) is 17.4 Å². The van der Waals surface area contributed by atoms with E-state index >= 15 is 0 Å². The van der Waals surface area contributed by atoms with Crippen LogP contribution in [-0.2, 0) is 4.79 Å². The molecule has 0 bridgehead atoms. The molecule has 0 saturated heterocycles. The molecule has 4 nitrogen and oxygen atoms in total. The molecule has 0 spiro atoms. The Balaban J connectivity index is 1.91. The lowest BCUT2D eigenvalue weighted by molar-refractivity contribution is -0.118. The lowest BCUT2D eigenvalue weighted by atomic mass is 9.86. The number of hydrogen-bond acceptors (Lipinski definition) is 3. The fourth-order valence-electron chi connectivity index (χ4n) is 3.68.